The van der Waals surface area contributed by atoms with Crippen LogP contribution in [0.2, 0.25) is 0 Å². The molecule has 41 heavy (non-hydrogen) atoms. The van der Waals surface area contributed by atoms with Crippen LogP contribution in [0.4, 0.5) is 26.3 Å². The van der Waals surface area contributed by atoms with Crippen molar-refractivity contribution < 1.29 is 35.9 Å². The zero-order chi connectivity index (χ0) is 29.8. The van der Waals surface area contributed by atoms with Gasteiger partial charge >= 0.3 is 12.4 Å². The minimum Gasteiger partial charge on any atom is -0.372 e. The smallest absolute Gasteiger partial charge is 0.372 e. The predicted octanol–water partition coefficient (Wildman–Crippen LogP) is 5.32. The number of likely N-dealkylation sites (tertiary alicyclic amines) is 1. The van der Waals surface area contributed by atoms with Gasteiger partial charge in [0.25, 0.3) is 5.91 Å². The van der Waals surface area contributed by atoms with Gasteiger partial charge in [-0.25, -0.2) is 9.67 Å². The first-order valence-corrected chi connectivity index (χ1v) is 12.7. The number of hydrogen-bond donors (Lipinski definition) is 0. The maximum absolute atomic E-state index is 13.5. The molecular weight excluding hydrogens is 554 g/mol. The van der Waals surface area contributed by atoms with E-state index in [1.165, 1.54) is 13.3 Å². The van der Waals surface area contributed by atoms with Gasteiger partial charge in [0.2, 0.25) is 0 Å². The average molecular weight is 583 g/mol. The molecule has 4 rings (SSSR count). The highest BCUT2D eigenvalue weighted by Crippen LogP contribution is 2.42. The fourth-order valence-electron chi connectivity index (χ4n) is 5.18. The van der Waals surface area contributed by atoms with Gasteiger partial charge in [-0.15, -0.1) is 5.10 Å². The monoisotopic (exact) mass is 582 g/mol. The third kappa shape index (κ3) is 7.17. The molecule has 1 aromatic heterocycles. The van der Waals surface area contributed by atoms with Crippen LogP contribution < -0.4 is 0 Å². The number of carbonyl (C=O) groups is 1. The lowest BCUT2D eigenvalue weighted by Crippen LogP contribution is -2.56. The molecule has 0 spiro atoms. The number of nitrogens with zero attached hydrogens (tertiary/aromatic N) is 6. The van der Waals surface area contributed by atoms with Crippen molar-refractivity contribution >= 4 is 12.6 Å². The number of piperidine rings is 1. The summed E-state index contributed by atoms with van der Waals surface area (Å²) in [4.78, 5) is 17.9. The molecule has 3 atom stereocenters. The van der Waals surface area contributed by atoms with Crippen molar-refractivity contribution in [2.45, 2.75) is 50.3 Å². The van der Waals surface area contributed by atoms with E-state index in [2.05, 4.69) is 27.2 Å². The van der Waals surface area contributed by atoms with Gasteiger partial charge in [-0.2, -0.15) is 26.3 Å². The summed E-state index contributed by atoms with van der Waals surface area (Å²) in [5, 5.41) is 11.2. The van der Waals surface area contributed by atoms with Crippen LogP contribution >= 0.6 is 0 Å². The number of ether oxygens (including phenoxy) is 1. The quantitative estimate of drug-likeness (QED) is 0.251. The van der Waals surface area contributed by atoms with Crippen molar-refractivity contribution in [3.05, 3.63) is 77.1 Å². The van der Waals surface area contributed by atoms with Crippen molar-refractivity contribution in [3.8, 4) is 0 Å². The number of benzene rings is 2. The van der Waals surface area contributed by atoms with E-state index in [-0.39, 0.29) is 30.7 Å². The molecule has 0 N–H and O–H groups in total. The number of halogens is 6. The van der Waals surface area contributed by atoms with Crippen LogP contribution in [0, 0.1) is 5.92 Å². The Balaban J connectivity index is 1.67. The molecule has 1 amide bonds. The summed E-state index contributed by atoms with van der Waals surface area (Å²) in [6.07, 6.45) is -8.48. The van der Waals surface area contributed by atoms with Crippen molar-refractivity contribution in [3.63, 3.8) is 0 Å². The second-order valence-electron chi connectivity index (χ2n) is 10.1. The molecule has 8 nitrogen and oxygen atoms in total. The number of aromatic nitrogens is 4. The number of rotatable bonds is 9. The van der Waals surface area contributed by atoms with Crippen LogP contribution in [-0.2, 0) is 34.0 Å². The Morgan fingerprint density at radius 1 is 1.12 bits per heavy atom. The van der Waals surface area contributed by atoms with Gasteiger partial charge in [0.15, 0.2) is 0 Å². The molecule has 220 valence electrons. The third-order valence-corrected chi connectivity index (χ3v) is 7.35. The molecule has 2 heterocycles. The van der Waals surface area contributed by atoms with Crippen LogP contribution in [0.1, 0.15) is 48.1 Å². The lowest BCUT2D eigenvalue weighted by atomic mass is 9.77. The zero-order valence-electron chi connectivity index (χ0n) is 22.1. The molecule has 1 saturated heterocycles. The molecule has 2 aromatic carbocycles. The van der Waals surface area contributed by atoms with E-state index < -0.39 is 41.0 Å². The molecular formula is C27H28F6N6O2. The molecule has 0 aliphatic carbocycles. The lowest BCUT2D eigenvalue weighted by Gasteiger charge is -2.49. The van der Waals surface area contributed by atoms with Gasteiger partial charge in [0, 0.05) is 13.1 Å². The summed E-state index contributed by atoms with van der Waals surface area (Å²) in [5.41, 5.74) is -3.24. The van der Waals surface area contributed by atoms with E-state index >= 15 is 0 Å². The van der Waals surface area contributed by atoms with Crippen LogP contribution in [0.15, 0.2) is 59.9 Å². The standard InChI is InChI=1S/C27H28F6N6O2/c1-18(20-10-22(26(28,29)30)12-23(11-20)27(31,32)33)41-16-25(21-6-4-3-5-7-21)9-8-19(14-39-17-35-36-37-39)13-38(25)15-24(40)34-2/h3-7,10-12,17-19H,2,8-9,13-16H2,1H3/t18-,19+,25-/m1/s1. The van der Waals surface area contributed by atoms with Gasteiger partial charge in [0.1, 0.15) is 6.33 Å². The first-order chi connectivity index (χ1) is 19.3. The summed E-state index contributed by atoms with van der Waals surface area (Å²) in [6, 6.07) is 10.5. The van der Waals surface area contributed by atoms with Crippen molar-refractivity contribution in [1.82, 2.24) is 25.1 Å². The van der Waals surface area contributed by atoms with Crippen molar-refractivity contribution in [2.75, 3.05) is 19.7 Å². The second-order valence-corrected chi connectivity index (χ2v) is 10.1. The summed E-state index contributed by atoms with van der Waals surface area (Å²) in [6.45, 7) is 5.37. The Kier molecular flexibility index (Phi) is 8.92. The average Bonchev–Trinajstić information content (AvgIpc) is 3.45. The minimum absolute atomic E-state index is 0.0307. The van der Waals surface area contributed by atoms with Crippen LogP contribution in [0.25, 0.3) is 0 Å². The van der Waals surface area contributed by atoms with E-state index in [9.17, 15) is 31.1 Å². The van der Waals surface area contributed by atoms with Gasteiger partial charge in [-0.3, -0.25) is 9.69 Å². The summed E-state index contributed by atoms with van der Waals surface area (Å²) >= 11 is 0. The number of carbonyl (C=O) groups excluding carboxylic acids is 1. The van der Waals surface area contributed by atoms with E-state index in [4.69, 9.17) is 4.74 Å². The second kappa shape index (κ2) is 12.1. The van der Waals surface area contributed by atoms with Crippen LogP contribution in [0.5, 0.6) is 0 Å². The first kappa shape index (κ1) is 30.3. The van der Waals surface area contributed by atoms with Crippen LogP contribution in [0.3, 0.4) is 0 Å². The molecule has 0 saturated carbocycles. The number of hydrogen-bond acceptors (Lipinski definition) is 6. The van der Waals surface area contributed by atoms with Gasteiger partial charge in [-0.1, -0.05) is 30.3 Å². The Labute approximate surface area is 232 Å². The van der Waals surface area contributed by atoms with Crippen molar-refractivity contribution in [1.29, 1.82) is 0 Å². The summed E-state index contributed by atoms with van der Waals surface area (Å²) in [7, 11) is 0. The Bertz CT molecular complexity index is 1300. The predicted molar refractivity (Wildman–Crippen MR) is 136 cm³/mol. The highest BCUT2D eigenvalue weighted by atomic mass is 19.4. The fraction of sp³-hybridized carbons (Fsp3) is 0.444. The maximum atomic E-state index is 13.5. The highest BCUT2D eigenvalue weighted by Gasteiger charge is 2.45. The number of alkyl halides is 6. The molecule has 1 aliphatic heterocycles. The summed E-state index contributed by atoms with van der Waals surface area (Å²) < 4.78 is 88.4. The van der Waals surface area contributed by atoms with Gasteiger partial charge in [-0.05, 0) is 72.2 Å². The molecule has 1 aliphatic rings. The lowest BCUT2D eigenvalue weighted by molar-refractivity contribution is -0.143. The number of aliphatic imine (C=N–C) groups is 1. The zero-order valence-corrected chi connectivity index (χ0v) is 22.1. The topological polar surface area (TPSA) is 85.5 Å². The van der Waals surface area contributed by atoms with Gasteiger partial charge < -0.3 is 4.74 Å². The summed E-state index contributed by atoms with van der Waals surface area (Å²) in [5.74, 6) is -0.461. The normalized spacial score (nSPS) is 21.0. The third-order valence-electron chi connectivity index (χ3n) is 7.35. The maximum Gasteiger partial charge on any atom is 0.416 e. The molecule has 1 fully saturated rings. The first-order valence-electron chi connectivity index (χ1n) is 12.7. The van der Waals surface area contributed by atoms with E-state index in [0.29, 0.717) is 38.1 Å². The SMILES string of the molecule is C=NC(=O)CN1C[C@@H](Cn2cnnn2)CC[C@@]1(CO[C@H](C)c1cc(C(F)(F)F)cc(C(F)(F)F)c1)c1ccccc1. The largest absolute Gasteiger partial charge is 0.416 e. The molecule has 0 unspecified atom stereocenters. The fourth-order valence-corrected chi connectivity index (χ4v) is 5.18. The Morgan fingerprint density at radius 2 is 1.78 bits per heavy atom. The van der Waals surface area contributed by atoms with E-state index in [1.54, 1.807) is 4.68 Å². The van der Waals surface area contributed by atoms with E-state index in [1.807, 2.05) is 35.2 Å². The van der Waals surface area contributed by atoms with Gasteiger partial charge in [0.05, 0.1) is 35.9 Å². The molecule has 0 bridgehead atoms. The van der Waals surface area contributed by atoms with Crippen LogP contribution in [-0.4, -0.2) is 57.4 Å². The van der Waals surface area contributed by atoms with E-state index in [0.717, 1.165) is 5.56 Å². The Morgan fingerprint density at radius 3 is 2.34 bits per heavy atom. The number of tetrazole rings is 1. The molecule has 3 aromatic rings. The Hall–Kier alpha value is -3.65. The minimum atomic E-state index is -4.98. The van der Waals surface area contributed by atoms with Crippen molar-refractivity contribution in [2.24, 2.45) is 10.9 Å². The highest BCUT2D eigenvalue weighted by molar-refractivity contribution is 5.82. The number of amides is 1. The molecule has 14 heteroatoms. The molecule has 0 radical (unpaired) electrons.